The average molecular weight is 283 g/mol. The Morgan fingerprint density at radius 2 is 1.95 bits per heavy atom. The minimum absolute atomic E-state index is 0.333. The number of aromatic carboxylic acids is 1. The lowest BCUT2D eigenvalue weighted by Crippen LogP contribution is -2.10. The van der Waals surface area contributed by atoms with Crippen LogP contribution in [0.2, 0.25) is 0 Å². The van der Waals surface area contributed by atoms with Crippen molar-refractivity contribution in [2.45, 2.75) is 11.8 Å². The highest BCUT2D eigenvalue weighted by Gasteiger charge is 2.21. The van der Waals surface area contributed by atoms with Crippen molar-refractivity contribution >= 4 is 23.5 Å². The third-order valence-electron chi connectivity index (χ3n) is 3.32. The van der Waals surface area contributed by atoms with Crippen LogP contribution < -0.4 is 4.72 Å². The summed E-state index contributed by atoms with van der Waals surface area (Å²) in [5, 5.41) is 9.42. The lowest BCUT2D eigenvalue weighted by Gasteiger charge is -2.20. The Bertz CT molecular complexity index is 722. The minimum Gasteiger partial charge on any atom is -0.478 e. The number of carboxylic acids is 1. The molecule has 2 aromatic rings. The van der Waals surface area contributed by atoms with Gasteiger partial charge < -0.3 is 9.83 Å². The van der Waals surface area contributed by atoms with Crippen LogP contribution in [0.15, 0.2) is 53.6 Å². The molecule has 0 unspecified atom stereocenters. The molecular formula is C16H13NO2S. The van der Waals surface area contributed by atoms with Gasteiger partial charge in [-0.15, -0.1) is 0 Å². The van der Waals surface area contributed by atoms with Crippen LogP contribution in [0.5, 0.6) is 0 Å². The highest BCUT2D eigenvalue weighted by Crippen LogP contribution is 2.37. The van der Waals surface area contributed by atoms with Gasteiger partial charge in [-0.25, -0.2) is 4.79 Å². The fraction of sp³-hybridized carbons (Fsp3) is 0.0625. The third kappa shape index (κ3) is 2.08. The first-order valence-corrected chi connectivity index (χ1v) is 7.05. The summed E-state index contributed by atoms with van der Waals surface area (Å²) in [6.07, 6.45) is 1.88. The van der Waals surface area contributed by atoms with E-state index in [1.54, 1.807) is 12.1 Å². The molecule has 2 aromatic carbocycles. The van der Waals surface area contributed by atoms with Crippen LogP contribution in [0.3, 0.4) is 0 Å². The molecule has 2 N–H and O–H groups in total. The Morgan fingerprint density at radius 3 is 2.75 bits per heavy atom. The van der Waals surface area contributed by atoms with E-state index in [4.69, 9.17) is 0 Å². The van der Waals surface area contributed by atoms with Crippen LogP contribution in [-0.2, 0) is 0 Å². The Hall–Kier alpha value is -2.20. The van der Waals surface area contributed by atoms with Gasteiger partial charge in [0.05, 0.1) is 5.56 Å². The SMILES string of the molecule is Cc1cccc(C(=O)O)c1C1=CNSc2ccccc21. The van der Waals surface area contributed by atoms with Crippen LogP contribution >= 0.6 is 11.9 Å². The van der Waals surface area contributed by atoms with E-state index in [0.717, 1.165) is 27.2 Å². The molecule has 1 aliphatic rings. The van der Waals surface area contributed by atoms with Gasteiger partial charge in [-0.3, -0.25) is 0 Å². The van der Waals surface area contributed by atoms with Crippen LogP contribution in [0.4, 0.5) is 0 Å². The molecule has 0 aliphatic carbocycles. The van der Waals surface area contributed by atoms with E-state index in [0.29, 0.717) is 5.56 Å². The maximum absolute atomic E-state index is 11.5. The molecule has 0 saturated carbocycles. The zero-order chi connectivity index (χ0) is 14.1. The number of hydrogen-bond donors (Lipinski definition) is 2. The normalized spacial score (nSPS) is 13.2. The van der Waals surface area contributed by atoms with Crippen molar-refractivity contribution in [2.75, 3.05) is 0 Å². The van der Waals surface area contributed by atoms with Gasteiger partial charge in [0.1, 0.15) is 0 Å². The number of aryl methyl sites for hydroxylation is 1. The van der Waals surface area contributed by atoms with Crippen molar-refractivity contribution in [2.24, 2.45) is 0 Å². The number of hydrogen-bond acceptors (Lipinski definition) is 3. The number of nitrogens with one attached hydrogen (secondary N) is 1. The van der Waals surface area contributed by atoms with Crippen LogP contribution in [0.25, 0.3) is 5.57 Å². The van der Waals surface area contributed by atoms with Crippen molar-refractivity contribution < 1.29 is 9.90 Å². The van der Waals surface area contributed by atoms with E-state index >= 15 is 0 Å². The summed E-state index contributed by atoms with van der Waals surface area (Å²) in [6.45, 7) is 1.94. The fourth-order valence-corrected chi connectivity index (χ4v) is 3.16. The van der Waals surface area contributed by atoms with Crippen LogP contribution in [0.1, 0.15) is 27.0 Å². The molecular weight excluding hydrogens is 270 g/mol. The zero-order valence-corrected chi connectivity index (χ0v) is 11.7. The first-order chi connectivity index (χ1) is 9.68. The average Bonchev–Trinajstić information content (AvgIpc) is 2.46. The molecule has 0 bridgehead atoms. The number of carbonyl (C=O) groups is 1. The third-order valence-corrected chi connectivity index (χ3v) is 4.13. The Labute approximate surface area is 121 Å². The van der Waals surface area contributed by atoms with Gasteiger partial charge in [-0.1, -0.05) is 30.3 Å². The van der Waals surface area contributed by atoms with Crippen LogP contribution in [0, 0.1) is 6.92 Å². The van der Waals surface area contributed by atoms with Crippen molar-refractivity contribution in [3.63, 3.8) is 0 Å². The van der Waals surface area contributed by atoms with Gasteiger partial charge in [0.2, 0.25) is 0 Å². The van der Waals surface area contributed by atoms with Crippen molar-refractivity contribution in [3.05, 3.63) is 70.9 Å². The number of rotatable bonds is 2. The molecule has 3 rings (SSSR count). The highest BCUT2D eigenvalue weighted by atomic mass is 32.2. The number of fused-ring (bicyclic) bond motifs is 1. The lowest BCUT2D eigenvalue weighted by molar-refractivity contribution is 0.0696. The standard InChI is InChI=1S/C16H13NO2S/c1-10-5-4-7-12(16(18)19)15(10)13-9-17-20-14-8-3-2-6-11(13)14/h2-9,17H,1H3,(H,18,19). The summed E-state index contributed by atoms with van der Waals surface area (Å²) in [5.41, 5.74) is 4.06. The summed E-state index contributed by atoms with van der Waals surface area (Å²) in [6, 6.07) is 13.4. The molecule has 0 fully saturated rings. The monoisotopic (exact) mass is 283 g/mol. The second kappa shape index (κ2) is 5.06. The molecule has 1 aliphatic heterocycles. The summed E-state index contributed by atoms with van der Waals surface area (Å²) in [7, 11) is 0. The van der Waals surface area contributed by atoms with E-state index in [1.807, 2.05) is 43.5 Å². The lowest BCUT2D eigenvalue weighted by atomic mass is 9.91. The van der Waals surface area contributed by atoms with Gasteiger partial charge >= 0.3 is 5.97 Å². The quantitative estimate of drug-likeness (QED) is 0.825. The van der Waals surface area contributed by atoms with Crippen LogP contribution in [-0.4, -0.2) is 11.1 Å². The van der Waals surface area contributed by atoms with E-state index in [9.17, 15) is 9.90 Å². The minimum atomic E-state index is -0.902. The molecule has 0 amide bonds. The number of benzene rings is 2. The second-order valence-electron chi connectivity index (χ2n) is 4.58. The molecule has 1 heterocycles. The summed E-state index contributed by atoms with van der Waals surface area (Å²) >= 11 is 1.53. The molecule has 0 aromatic heterocycles. The van der Waals surface area contributed by atoms with Crippen molar-refractivity contribution in [3.8, 4) is 0 Å². The van der Waals surface area contributed by atoms with Crippen molar-refractivity contribution in [1.82, 2.24) is 4.72 Å². The Kier molecular flexibility index (Phi) is 3.24. The molecule has 4 heteroatoms. The van der Waals surface area contributed by atoms with Gasteiger partial charge in [0.25, 0.3) is 0 Å². The van der Waals surface area contributed by atoms with Gasteiger partial charge in [0.15, 0.2) is 0 Å². The highest BCUT2D eigenvalue weighted by molar-refractivity contribution is 7.97. The van der Waals surface area contributed by atoms with Gasteiger partial charge in [-0.05, 0) is 42.1 Å². The van der Waals surface area contributed by atoms with E-state index in [2.05, 4.69) is 4.72 Å². The molecule has 0 spiro atoms. The molecule has 100 valence electrons. The molecule has 3 nitrogen and oxygen atoms in total. The Balaban J connectivity index is 2.25. The first-order valence-electron chi connectivity index (χ1n) is 6.23. The van der Waals surface area contributed by atoms with E-state index in [-0.39, 0.29) is 0 Å². The molecule has 0 radical (unpaired) electrons. The van der Waals surface area contributed by atoms with Gasteiger partial charge in [0, 0.05) is 22.2 Å². The maximum atomic E-state index is 11.5. The van der Waals surface area contributed by atoms with Gasteiger partial charge in [-0.2, -0.15) is 0 Å². The first kappa shape index (κ1) is 12.8. The molecule has 20 heavy (non-hydrogen) atoms. The summed E-state index contributed by atoms with van der Waals surface area (Å²) < 4.78 is 3.14. The molecule has 0 saturated heterocycles. The van der Waals surface area contributed by atoms with Crippen molar-refractivity contribution in [1.29, 1.82) is 0 Å². The topological polar surface area (TPSA) is 49.3 Å². The predicted molar refractivity (Wildman–Crippen MR) is 80.7 cm³/mol. The van der Waals surface area contributed by atoms with E-state index in [1.165, 1.54) is 11.9 Å². The predicted octanol–water partition coefficient (Wildman–Crippen LogP) is 3.69. The zero-order valence-electron chi connectivity index (χ0n) is 10.9. The Morgan fingerprint density at radius 1 is 1.15 bits per heavy atom. The maximum Gasteiger partial charge on any atom is 0.336 e. The fourth-order valence-electron chi connectivity index (χ4n) is 2.42. The summed E-state index contributed by atoms with van der Waals surface area (Å²) in [4.78, 5) is 12.6. The second-order valence-corrected chi connectivity index (χ2v) is 5.46. The van der Waals surface area contributed by atoms with E-state index < -0.39 is 5.97 Å². The summed E-state index contributed by atoms with van der Waals surface area (Å²) in [5.74, 6) is -0.902. The smallest absolute Gasteiger partial charge is 0.336 e. The largest absolute Gasteiger partial charge is 0.478 e. The molecule has 0 atom stereocenters. The number of carboxylic acid groups (broad SMARTS) is 1.